The van der Waals surface area contributed by atoms with Gasteiger partial charge in [-0.25, -0.2) is 8.42 Å². The molecule has 1 aliphatic rings. The minimum Gasteiger partial charge on any atom is -0.338 e. The van der Waals surface area contributed by atoms with Crippen LogP contribution < -0.4 is 0 Å². The fraction of sp³-hybridized carbons (Fsp3) is 0.923. The van der Waals surface area contributed by atoms with Gasteiger partial charge in [-0.15, -0.1) is 11.6 Å². The minimum absolute atomic E-state index is 0.0815. The zero-order chi connectivity index (χ0) is 15.2. The third-order valence-electron chi connectivity index (χ3n) is 3.85. The molecule has 0 saturated carbocycles. The lowest BCUT2D eigenvalue weighted by atomic mass is 10.2. The van der Waals surface area contributed by atoms with E-state index in [1.807, 2.05) is 0 Å². The van der Waals surface area contributed by atoms with Crippen LogP contribution in [0.15, 0.2) is 0 Å². The summed E-state index contributed by atoms with van der Waals surface area (Å²) >= 11 is 5.64. The second kappa shape index (κ2) is 8.20. The molecular formula is C13H25ClN2O3S. The van der Waals surface area contributed by atoms with Crippen LogP contribution in [0, 0.1) is 0 Å². The first-order valence-electron chi connectivity index (χ1n) is 7.21. The van der Waals surface area contributed by atoms with Gasteiger partial charge in [0.15, 0.2) is 9.84 Å². The zero-order valence-corrected chi connectivity index (χ0v) is 13.9. The van der Waals surface area contributed by atoms with Gasteiger partial charge in [-0.3, -0.25) is 4.79 Å². The fourth-order valence-corrected chi connectivity index (χ4v) is 4.50. The van der Waals surface area contributed by atoms with Crippen molar-refractivity contribution in [3.8, 4) is 0 Å². The molecule has 1 atom stereocenters. The van der Waals surface area contributed by atoms with E-state index in [9.17, 15) is 13.2 Å². The first-order chi connectivity index (χ1) is 9.43. The highest BCUT2D eigenvalue weighted by Crippen LogP contribution is 2.18. The van der Waals surface area contributed by atoms with E-state index in [-0.39, 0.29) is 29.3 Å². The molecule has 0 bridgehead atoms. The van der Waals surface area contributed by atoms with Crippen LogP contribution in [0.3, 0.4) is 0 Å². The maximum Gasteiger partial charge on any atom is 0.237 e. The van der Waals surface area contributed by atoms with Crippen molar-refractivity contribution in [1.29, 1.82) is 0 Å². The minimum atomic E-state index is -2.98. The molecule has 0 spiro atoms. The Morgan fingerprint density at radius 1 is 1.25 bits per heavy atom. The van der Waals surface area contributed by atoms with Crippen LogP contribution in [0.1, 0.15) is 26.7 Å². The Labute approximate surface area is 127 Å². The summed E-state index contributed by atoms with van der Waals surface area (Å²) in [7, 11) is -2.98. The molecule has 1 saturated heterocycles. The molecule has 20 heavy (non-hydrogen) atoms. The summed E-state index contributed by atoms with van der Waals surface area (Å²) in [6.07, 6.45) is 1.39. The summed E-state index contributed by atoms with van der Waals surface area (Å²) in [6, 6.07) is -0.192. The number of halogens is 1. The Hall–Kier alpha value is -0.330. The van der Waals surface area contributed by atoms with Gasteiger partial charge in [-0.2, -0.15) is 0 Å². The topological polar surface area (TPSA) is 57.7 Å². The number of hydrogen-bond donors (Lipinski definition) is 0. The smallest absolute Gasteiger partial charge is 0.237 e. The highest BCUT2D eigenvalue weighted by molar-refractivity contribution is 7.91. The fourth-order valence-electron chi connectivity index (χ4n) is 2.61. The maximum absolute atomic E-state index is 11.9. The Kier molecular flexibility index (Phi) is 7.26. The van der Waals surface area contributed by atoms with Crippen LogP contribution in [0.5, 0.6) is 0 Å². The zero-order valence-electron chi connectivity index (χ0n) is 12.3. The standard InChI is InChI=1S/C13H25ClN2O3S/c1-3-15(4-2)7-5-8-16(13(17)10-14)12-6-9-20(18,19)11-12/h12H,3-11H2,1-2H3. The Balaban J connectivity index is 2.55. The highest BCUT2D eigenvalue weighted by atomic mass is 35.5. The lowest BCUT2D eigenvalue weighted by molar-refractivity contribution is -0.130. The van der Waals surface area contributed by atoms with Gasteiger partial charge in [0.1, 0.15) is 5.88 Å². The summed E-state index contributed by atoms with van der Waals surface area (Å²) in [5, 5.41) is 0. The van der Waals surface area contributed by atoms with Crippen molar-refractivity contribution in [2.45, 2.75) is 32.7 Å². The summed E-state index contributed by atoms with van der Waals surface area (Å²) < 4.78 is 23.1. The molecule has 5 nitrogen and oxygen atoms in total. The number of nitrogens with zero attached hydrogens (tertiary/aromatic N) is 2. The van der Waals surface area contributed by atoms with Crippen molar-refractivity contribution in [2.24, 2.45) is 0 Å². The first-order valence-corrected chi connectivity index (χ1v) is 9.57. The van der Waals surface area contributed by atoms with Gasteiger partial charge in [0, 0.05) is 12.6 Å². The summed E-state index contributed by atoms with van der Waals surface area (Å²) in [4.78, 5) is 15.9. The van der Waals surface area contributed by atoms with Gasteiger partial charge in [-0.1, -0.05) is 13.8 Å². The third-order valence-corrected chi connectivity index (χ3v) is 5.83. The van der Waals surface area contributed by atoms with Gasteiger partial charge in [-0.05, 0) is 32.5 Å². The van der Waals surface area contributed by atoms with Crippen LogP contribution in [-0.2, 0) is 14.6 Å². The van der Waals surface area contributed by atoms with Crippen molar-refractivity contribution in [2.75, 3.05) is 43.6 Å². The summed E-state index contributed by atoms with van der Waals surface area (Å²) in [5.41, 5.74) is 0. The molecule has 0 aromatic heterocycles. The quantitative estimate of drug-likeness (QED) is 0.624. The normalized spacial score (nSPS) is 21.3. The Bertz CT molecular complexity index is 410. The first kappa shape index (κ1) is 17.7. The number of sulfone groups is 1. The second-order valence-electron chi connectivity index (χ2n) is 5.16. The molecule has 1 amide bonds. The molecule has 0 aromatic rings. The van der Waals surface area contributed by atoms with E-state index in [4.69, 9.17) is 11.6 Å². The van der Waals surface area contributed by atoms with Gasteiger partial charge in [0.05, 0.1) is 11.5 Å². The van der Waals surface area contributed by atoms with Crippen molar-refractivity contribution in [3.63, 3.8) is 0 Å². The number of rotatable bonds is 8. The Morgan fingerprint density at radius 2 is 1.90 bits per heavy atom. The predicted molar refractivity (Wildman–Crippen MR) is 81.9 cm³/mol. The molecule has 7 heteroatoms. The van der Waals surface area contributed by atoms with Crippen molar-refractivity contribution >= 4 is 27.3 Å². The second-order valence-corrected chi connectivity index (χ2v) is 7.65. The van der Waals surface area contributed by atoms with E-state index in [0.29, 0.717) is 13.0 Å². The highest BCUT2D eigenvalue weighted by Gasteiger charge is 2.34. The average Bonchev–Trinajstić information content (AvgIpc) is 2.78. The molecule has 1 fully saturated rings. The van der Waals surface area contributed by atoms with Gasteiger partial charge >= 0.3 is 0 Å². The molecule has 1 aliphatic heterocycles. The number of carbonyl (C=O) groups is 1. The molecule has 1 heterocycles. The summed E-state index contributed by atoms with van der Waals surface area (Å²) in [6.45, 7) is 7.68. The van der Waals surface area contributed by atoms with Crippen molar-refractivity contribution in [3.05, 3.63) is 0 Å². The molecule has 0 radical (unpaired) electrons. The number of alkyl halides is 1. The monoisotopic (exact) mass is 324 g/mol. The van der Waals surface area contributed by atoms with Crippen molar-refractivity contribution in [1.82, 2.24) is 9.80 Å². The molecule has 0 aliphatic carbocycles. The summed E-state index contributed by atoms with van der Waals surface area (Å²) in [5.74, 6) is 0.0241. The largest absolute Gasteiger partial charge is 0.338 e. The maximum atomic E-state index is 11.9. The number of carbonyl (C=O) groups excluding carboxylic acids is 1. The SMILES string of the molecule is CCN(CC)CCCN(C(=O)CCl)C1CCS(=O)(=O)C1. The van der Waals surface area contributed by atoms with E-state index in [2.05, 4.69) is 18.7 Å². The van der Waals surface area contributed by atoms with Crippen LogP contribution >= 0.6 is 11.6 Å². The van der Waals surface area contributed by atoms with E-state index in [1.54, 1.807) is 4.90 Å². The van der Waals surface area contributed by atoms with Crippen LogP contribution in [0.4, 0.5) is 0 Å². The van der Waals surface area contributed by atoms with Crippen LogP contribution in [-0.4, -0.2) is 73.7 Å². The lowest BCUT2D eigenvalue weighted by Crippen LogP contribution is -2.43. The predicted octanol–water partition coefficient (Wildman–Crippen LogP) is 0.973. The molecule has 0 aromatic carbocycles. The van der Waals surface area contributed by atoms with Crippen molar-refractivity contribution < 1.29 is 13.2 Å². The third kappa shape index (κ3) is 5.22. The lowest BCUT2D eigenvalue weighted by Gasteiger charge is -2.28. The number of amides is 1. The van der Waals surface area contributed by atoms with Gasteiger partial charge in [0.25, 0.3) is 0 Å². The van der Waals surface area contributed by atoms with E-state index < -0.39 is 9.84 Å². The van der Waals surface area contributed by atoms with E-state index >= 15 is 0 Å². The van der Waals surface area contributed by atoms with Gasteiger partial charge in [0.2, 0.25) is 5.91 Å². The number of hydrogen-bond acceptors (Lipinski definition) is 4. The molecular weight excluding hydrogens is 300 g/mol. The Morgan fingerprint density at radius 3 is 2.35 bits per heavy atom. The molecule has 1 unspecified atom stereocenters. The van der Waals surface area contributed by atoms with Crippen LogP contribution in [0.25, 0.3) is 0 Å². The average molecular weight is 325 g/mol. The van der Waals surface area contributed by atoms with E-state index in [0.717, 1.165) is 26.1 Å². The van der Waals surface area contributed by atoms with Crippen LogP contribution in [0.2, 0.25) is 0 Å². The molecule has 0 N–H and O–H groups in total. The van der Waals surface area contributed by atoms with Gasteiger partial charge < -0.3 is 9.80 Å². The van der Waals surface area contributed by atoms with E-state index in [1.165, 1.54) is 0 Å². The molecule has 1 rings (SSSR count). The molecule has 118 valence electrons.